The van der Waals surface area contributed by atoms with Crippen LogP contribution >= 0.6 is 0 Å². The van der Waals surface area contributed by atoms with Crippen molar-refractivity contribution in [1.82, 2.24) is 0 Å². The number of rotatable bonds is 5. The summed E-state index contributed by atoms with van der Waals surface area (Å²) >= 11 is 0. The average molecular weight is 313 g/mol. The molecule has 0 spiro atoms. The summed E-state index contributed by atoms with van der Waals surface area (Å²) in [7, 11) is 3.15. The zero-order chi connectivity index (χ0) is 17.0. The van der Waals surface area contributed by atoms with Crippen LogP contribution in [0.15, 0.2) is 36.4 Å². The van der Waals surface area contributed by atoms with Crippen molar-refractivity contribution in [3.8, 4) is 11.5 Å². The predicted molar refractivity (Wildman–Crippen MR) is 92.8 cm³/mol. The molecular weight excluding hydrogens is 290 g/mol. The van der Waals surface area contributed by atoms with Gasteiger partial charge in [0.15, 0.2) is 0 Å². The van der Waals surface area contributed by atoms with Crippen molar-refractivity contribution in [3.05, 3.63) is 53.1 Å². The molecule has 2 aromatic rings. The maximum absolute atomic E-state index is 13.0. The molecule has 0 fully saturated rings. The molecule has 2 rings (SSSR count). The molecule has 0 aliphatic rings. The molecule has 23 heavy (non-hydrogen) atoms. The molecule has 0 aliphatic carbocycles. The van der Waals surface area contributed by atoms with Crippen molar-refractivity contribution < 1.29 is 14.3 Å². The lowest BCUT2D eigenvalue weighted by atomic mass is 10.1. The Balaban J connectivity index is 2.46. The average Bonchev–Trinajstić information content (AvgIpc) is 2.57. The first kappa shape index (κ1) is 16.9. The summed E-state index contributed by atoms with van der Waals surface area (Å²) in [6.45, 7) is 6.59. The van der Waals surface area contributed by atoms with Gasteiger partial charge in [-0.25, -0.2) is 0 Å². The molecule has 0 radical (unpaired) electrons. The van der Waals surface area contributed by atoms with Crippen LogP contribution in [0.1, 0.15) is 28.4 Å². The van der Waals surface area contributed by atoms with Gasteiger partial charge in [0.1, 0.15) is 11.5 Å². The highest BCUT2D eigenvalue weighted by Gasteiger charge is 2.19. The Labute approximate surface area is 137 Å². The van der Waals surface area contributed by atoms with Crippen molar-refractivity contribution in [1.29, 1.82) is 0 Å². The van der Waals surface area contributed by atoms with E-state index in [2.05, 4.69) is 0 Å². The largest absolute Gasteiger partial charge is 0.497 e. The fourth-order valence-corrected chi connectivity index (χ4v) is 2.52. The van der Waals surface area contributed by atoms with Gasteiger partial charge >= 0.3 is 0 Å². The van der Waals surface area contributed by atoms with E-state index in [0.29, 0.717) is 23.6 Å². The minimum Gasteiger partial charge on any atom is -0.497 e. The molecule has 0 heterocycles. The Hall–Kier alpha value is -2.49. The highest BCUT2D eigenvalue weighted by Crippen LogP contribution is 2.27. The number of ether oxygens (including phenoxy) is 2. The van der Waals surface area contributed by atoms with E-state index >= 15 is 0 Å². The number of amides is 1. The van der Waals surface area contributed by atoms with Crippen molar-refractivity contribution in [2.45, 2.75) is 20.8 Å². The highest BCUT2D eigenvalue weighted by atomic mass is 16.5. The Bertz CT molecular complexity index is 688. The van der Waals surface area contributed by atoms with Crippen LogP contribution in [0.2, 0.25) is 0 Å². The van der Waals surface area contributed by atoms with Gasteiger partial charge in [0.05, 0.1) is 14.2 Å². The fourth-order valence-electron chi connectivity index (χ4n) is 2.52. The third-order valence-electron chi connectivity index (χ3n) is 3.82. The number of nitrogens with zero attached hydrogens (tertiary/aromatic N) is 1. The third kappa shape index (κ3) is 3.65. The number of carbonyl (C=O) groups is 1. The summed E-state index contributed by atoms with van der Waals surface area (Å²) in [4.78, 5) is 14.8. The minimum atomic E-state index is -0.0709. The normalized spacial score (nSPS) is 10.3. The highest BCUT2D eigenvalue weighted by molar-refractivity contribution is 6.07. The first-order valence-electron chi connectivity index (χ1n) is 7.62. The quantitative estimate of drug-likeness (QED) is 0.838. The Morgan fingerprint density at radius 2 is 1.61 bits per heavy atom. The number of methoxy groups -OCH3 is 2. The van der Waals surface area contributed by atoms with E-state index < -0.39 is 0 Å². The number of carbonyl (C=O) groups excluding carboxylic acids is 1. The van der Waals surface area contributed by atoms with Gasteiger partial charge in [-0.2, -0.15) is 0 Å². The molecule has 0 aliphatic heterocycles. The Morgan fingerprint density at radius 3 is 2.13 bits per heavy atom. The van der Waals surface area contributed by atoms with Gasteiger partial charge in [-0.15, -0.1) is 0 Å². The summed E-state index contributed by atoms with van der Waals surface area (Å²) in [5.74, 6) is 1.13. The molecule has 0 N–H and O–H groups in total. The van der Waals surface area contributed by atoms with Crippen LogP contribution in [0.5, 0.6) is 11.5 Å². The Kier molecular flexibility index (Phi) is 5.27. The number of hydrogen-bond acceptors (Lipinski definition) is 3. The van der Waals surface area contributed by atoms with Crippen LogP contribution in [-0.4, -0.2) is 26.7 Å². The topological polar surface area (TPSA) is 38.8 Å². The minimum absolute atomic E-state index is 0.0709. The lowest BCUT2D eigenvalue weighted by Crippen LogP contribution is -2.31. The molecule has 0 aromatic heterocycles. The standard InChI is InChI=1S/C19H23NO3/c1-6-20(18-9-13(2)7-8-14(18)3)19(21)15-10-16(22-4)12-17(11-15)23-5/h7-12H,6H2,1-5H3. The summed E-state index contributed by atoms with van der Waals surface area (Å²) in [5, 5.41) is 0. The lowest BCUT2D eigenvalue weighted by molar-refractivity contribution is 0.0987. The van der Waals surface area contributed by atoms with Gasteiger partial charge in [-0.3, -0.25) is 4.79 Å². The second-order valence-electron chi connectivity index (χ2n) is 5.44. The number of benzene rings is 2. The van der Waals surface area contributed by atoms with E-state index in [-0.39, 0.29) is 5.91 Å². The van der Waals surface area contributed by atoms with Gasteiger partial charge in [0.25, 0.3) is 5.91 Å². The maximum Gasteiger partial charge on any atom is 0.258 e. The van der Waals surface area contributed by atoms with E-state index in [9.17, 15) is 4.79 Å². The van der Waals surface area contributed by atoms with Crippen LogP contribution in [0.4, 0.5) is 5.69 Å². The molecule has 4 nitrogen and oxygen atoms in total. The molecule has 0 saturated heterocycles. The van der Waals surface area contributed by atoms with Crippen LogP contribution < -0.4 is 14.4 Å². The van der Waals surface area contributed by atoms with Crippen LogP contribution in [-0.2, 0) is 0 Å². The summed E-state index contributed by atoms with van der Waals surface area (Å²) in [6.07, 6.45) is 0. The summed E-state index contributed by atoms with van der Waals surface area (Å²) < 4.78 is 10.5. The van der Waals surface area contributed by atoms with Crippen molar-refractivity contribution in [2.75, 3.05) is 25.7 Å². The summed E-state index contributed by atoms with van der Waals surface area (Å²) in [6, 6.07) is 11.3. The second kappa shape index (κ2) is 7.18. The molecular formula is C19H23NO3. The van der Waals surface area contributed by atoms with Gasteiger partial charge < -0.3 is 14.4 Å². The van der Waals surface area contributed by atoms with Crippen molar-refractivity contribution >= 4 is 11.6 Å². The first-order valence-corrected chi connectivity index (χ1v) is 7.62. The molecule has 4 heteroatoms. The third-order valence-corrected chi connectivity index (χ3v) is 3.82. The van der Waals surface area contributed by atoms with Crippen LogP contribution in [0.3, 0.4) is 0 Å². The molecule has 0 bridgehead atoms. The van der Waals surface area contributed by atoms with Gasteiger partial charge in [-0.05, 0) is 50.1 Å². The molecule has 122 valence electrons. The molecule has 0 atom stereocenters. The smallest absolute Gasteiger partial charge is 0.258 e. The molecule has 1 amide bonds. The predicted octanol–water partition coefficient (Wildman–Crippen LogP) is 3.99. The van der Waals surface area contributed by atoms with E-state index in [1.54, 1.807) is 37.3 Å². The zero-order valence-electron chi connectivity index (χ0n) is 14.3. The van der Waals surface area contributed by atoms with E-state index in [4.69, 9.17) is 9.47 Å². The molecule has 0 saturated carbocycles. The lowest BCUT2D eigenvalue weighted by Gasteiger charge is -2.24. The summed E-state index contributed by atoms with van der Waals surface area (Å²) in [5.41, 5.74) is 3.67. The number of aryl methyl sites for hydroxylation is 2. The van der Waals surface area contributed by atoms with Crippen molar-refractivity contribution in [2.24, 2.45) is 0 Å². The molecule has 2 aromatic carbocycles. The number of hydrogen-bond donors (Lipinski definition) is 0. The maximum atomic E-state index is 13.0. The van der Waals surface area contributed by atoms with E-state index in [1.807, 2.05) is 39.0 Å². The first-order chi connectivity index (χ1) is 11.0. The van der Waals surface area contributed by atoms with Gasteiger partial charge in [-0.1, -0.05) is 12.1 Å². The zero-order valence-corrected chi connectivity index (χ0v) is 14.3. The van der Waals surface area contributed by atoms with E-state index in [1.165, 1.54) is 0 Å². The monoisotopic (exact) mass is 313 g/mol. The fraction of sp³-hybridized carbons (Fsp3) is 0.316. The van der Waals surface area contributed by atoms with Crippen molar-refractivity contribution in [3.63, 3.8) is 0 Å². The van der Waals surface area contributed by atoms with Crippen LogP contribution in [0.25, 0.3) is 0 Å². The SMILES string of the molecule is CCN(C(=O)c1cc(OC)cc(OC)c1)c1cc(C)ccc1C. The second-order valence-corrected chi connectivity index (χ2v) is 5.44. The Morgan fingerprint density at radius 1 is 1.00 bits per heavy atom. The van der Waals surface area contributed by atoms with Crippen LogP contribution in [0, 0.1) is 13.8 Å². The molecule has 0 unspecified atom stereocenters. The van der Waals surface area contributed by atoms with Gasteiger partial charge in [0.2, 0.25) is 0 Å². The number of anilines is 1. The van der Waals surface area contributed by atoms with Gasteiger partial charge in [0, 0.05) is 23.9 Å². The van der Waals surface area contributed by atoms with E-state index in [0.717, 1.165) is 16.8 Å².